The Morgan fingerprint density at radius 1 is 1.19 bits per heavy atom. The normalized spacial score (nSPS) is 15.8. The summed E-state index contributed by atoms with van der Waals surface area (Å²) in [6.07, 6.45) is -0.245. The number of likely N-dealkylation sites (N-methyl/N-ethyl adjacent to an activating group) is 1. The Bertz CT molecular complexity index is 935. The third-order valence-corrected chi connectivity index (χ3v) is 3.80. The van der Waals surface area contributed by atoms with Crippen molar-refractivity contribution in [1.29, 1.82) is 0 Å². The predicted octanol–water partition coefficient (Wildman–Crippen LogP) is 2.53. The number of carbonyl (C=O) groups is 2. The molecule has 136 valence electrons. The van der Waals surface area contributed by atoms with Gasteiger partial charge >= 0.3 is 0 Å². The molecule has 26 heavy (non-hydrogen) atoms. The molecule has 0 atom stereocenters. The zero-order valence-corrected chi connectivity index (χ0v) is 14.0. The van der Waals surface area contributed by atoms with Gasteiger partial charge < -0.3 is 9.32 Å². The van der Waals surface area contributed by atoms with E-state index in [1.807, 2.05) is 19.0 Å². The monoisotopic (exact) mass is 365 g/mol. The lowest BCUT2D eigenvalue weighted by atomic mass is 9.97. The summed E-state index contributed by atoms with van der Waals surface area (Å²) in [5.74, 6) is -6.55. The number of ketones is 2. The molecule has 0 saturated carbocycles. The van der Waals surface area contributed by atoms with Crippen molar-refractivity contribution in [3.63, 3.8) is 0 Å². The molecular weight excluding hydrogens is 351 g/mol. The number of nitrogens with zero attached hydrogens (tertiary/aromatic N) is 3. The van der Waals surface area contributed by atoms with Crippen LogP contribution in [0.4, 0.5) is 13.2 Å². The maximum Gasteiger partial charge on any atom is 0.244 e. The van der Waals surface area contributed by atoms with Crippen LogP contribution in [0.2, 0.25) is 0 Å². The van der Waals surface area contributed by atoms with Crippen molar-refractivity contribution in [1.82, 2.24) is 9.88 Å². The second-order valence-corrected chi connectivity index (χ2v) is 5.98. The summed E-state index contributed by atoms with van der Waals surface area (Å²) < 4.78 is 45.6. The number of benzene rings is 1. The van der Waals surface area contributed by atoms with E-state index in [0.717, 1.165) is 6.07 Å². The molecule has 0 unspecified atom stereocenters. The summed E-state index contributed by atoms with van der Waals surface area (Å²) >= 11 is 0. The SMILES string of the molecule is CN(C)CCN=C1CC(=O)c2nc(-c3ccc(F)c(F)c3F)oc2C1=O. The molecule has 1 aromatic heterocycles. The fraction of sp³-hybridized carbons (Fsp3) is 0.294. The van der Waals surface area contributed by atoms with Gasteiger partial charge in [0, 0.05) is 6.54 Å². The first-order valence-electron chi connectivity index (χ1n) is 7.70. The average Bonchev–Trinajstić information content (AvgIpc) is 3.03. The highest BCUT2D eigenvalue weighted by Gasteiger charge is 2.35. The Morgan fingerprint density at radius 3 is 2.62 bits per heavy atom. The summed E-state index contributed by atoms with van der Waals surface area (Å²) in [6, 6.07) is 1.63. The highest BCUT2D eigenvalue weighted by molar-refractivity contribution is 6.51. The topological polar surface area (TPSA) is 75.8 Å². The number of rotatable bonds is 4. The Labute approximate surface area is 146 Å². The number of fused-ring (bicyclic) bond motifs is 1. The van der Waals surface area contributed by atoms with Crippen molar-refractivity contribution in [2.75, 3.05) is 27.2 Å². The molecule has 6 nitrogen and oxygen atoms in total. The standard InChI is InChI=1S/C17H14F3N3O3/c1-23(2)6-5-21-10-7-11(24)14-16(15(10)25)26-17(22-14)8-3-4-9(18)13(20)12(8)19/h3-4H,5-7H2,1-2H3. The quantitative estimate of drug-likeness (QED) is 0.779. The number of carbonyl (C=O) groups excluding carboxylic acids is 2. The van der Waals surface area contributed by atoms with Crippen molar-refractivity contribution in [3.05, 3.63) is 41.0 Å². The lowest BCUT2D eigenvalue weighted by molar-refractivity contribution is 0.0949. The van der Waals surface area contributed by atoms with E-state index in [-0.39, 0.29) is 23.6 Å². The summed E-state index contributed by atoms with van der Waals surface area (Å²) in [5, 5.41) is 0. The van der Waals surface area contributed by atoms with E-state index in [1.165, 1.54) is 0 Å². The van der Waals surface area contributed by atoms with Crippen molar-refractivity contribution in [3.8, 4) is 11.5 Å². The van der Waals surface area contributed by atoms with E-state index in [0.29, 0.717) is 19.2 Å². The molecule has 1 aromatic carbocycles. The first-order valence-corrected chi connectivity index (χ1v) is 7.70. The van der Waals surface area contributed by atoms with Crippen molar-refractivity contribution in [2.24, 2.45) is 4.99 Å². The van der Waals surface area contributed by atoms with Crippen molar-refractivity contribution in [2.45, 2.75) is 6.42 Å². The van der Waals surface area contributed by atoms with Gasteiger partial charge in [-0.3, -0.25) is 14.6 Å². The second kappa shape index (κ2) is 6.83. The van der Waals surface area contributed by atoms with Gasteiger partial charge in [-0.1, -0.05) is 0 Å². The first kappa shape index (κ1) is 18.0. The highest BCUT2D eigenvalue weighted by Crippen LogP contribution is 2.30. The zero-order valence-electron chi connectivity index (χ0n) is 14.0. The van der Waals surface area contributed by atoms with Crippen molar-refractivity contribution < 1.29 is 27.2 Å². The molecule has 1 heterocycles. The molecule has 0 bridgehead atoms. The van der Waals surface area contributed by atoms with Gasteiger partial charge in [-0.25, -0.2) is 18.2 Å². The van der Waals surface area contributed by atoms with E-state index in [4.69, 9.17) is 4.42 Å². The molecule has 9 heteroatoms. The molecule has 0 radical (unpaired) electrons. The minimum atomic E-state index is -1.69. The maximum atomic E-state index is 13.9. The van der Waals surface area contributed by atoms with Crippen LogP contribution in [-0.4, -0.2) is 54.3 Å². The maximum absolute atomic E-state index is 13.9. The lowest BCUT2D eigenvalue weighted by Crippen LogP contribution is -2.27. The van der Waals surface area contributed by atoms with Gasteiger partial charge in [0.15, 0.2) is 28.9 Å². The summed E-state index contributed by atoms with van der Waals surface area (Å²) in [5.41, 5.74) is -0.719. The van der Waals surface area contributed by atoms with Gasteiger partial charge in [0.05, 0.1) is 24.2 Å². The fourth-order valence-corrected chi connectivity index (χ4v) is 2.43. The molecule has 0 amide bonds. The van der Waals surface area contributed by atoms with Gasteiger partial charge in [-0.05, 0) is 26.2 Å². The smallest absolute Gasteiger partial charge is 0.244 e. The molecule has 0 fully saturated rings. The highest BCUT2D eigenvalue weighted by atomic mass is 19.2. The third kappa shape index (κ3) is 3.17. The van der Waals surface area contributed by atoms with E-state index in [1.54, 1.807) is 0 Å². The predicted molar refractivity (Wildman–Crippen MR) is 85.9 cm³/mol. The Kier molecular flexibility index (Phi) is 4.73. The number of oxazole rings is 1. The van der Waals surface area contributed by atoms with Crippen LogP contribution in [0, 0.1) is 17.5 Å². The zero-order chi connectivity index (χ0) is 19.0. The Balaban J connectivity index is 1.98. The largest absolute Gasteiger partial charge is 0.432 e. The van der Waals surface area contributed by atoms with Gasteiger partial charge in [0.1, 0.15) is 0 Å². The van der Waals surface area contributed by atoms with Crippen LogP contribution in [-0.2, 0) is 0 Å². The average molecular weight is 365 g/mol. The van der Waals surface area contributed by atoms with Crippen LogP contribution >= 0.6 is 0 Å². The van der Waals surface area contributed by atoms with Crippen LogP contribution in [0.3, 0.4) is 0 Å². The molecule has 0 spiro atoms. The number of hydrogen-bond acceptors (Lipinski definition) is 6. The first-order chi connectivity index (χ1) is 12.3. The van der Waals surface area contributed by atoms with E-state index in [2.05, 4.69) is 9.98 Å². The van der Waals surface area contributed by atoms with Crippen LogP contribution in [0.25, 0.3) is 11.5 Å². The number of Topliss-reactive ketones (excluding diaryl/α,β-unsaturated/α-hetero) is 2. The molecular formula is C17H14F3N3O3. The van der Waals surface area contributed by atoms with Crippen LogP contribution < -0.4 is 0 Å². The molecule has 0 saturated heterocycles. The van der Waals surface area contributed by atoms with E-state index >= 15 is 0 Å². The molecule has 2 aromatic rings. The summed E-state index contributed by atoms with van der Waals surface area (Å²) in [6.45, 7) is 0.898. The summed E-state index contributed by atoms with van der Waals surface area (Å²) in [7, 11) is 3.68. The van der Waals surface area contributed by atoms with Gasteiger partial charge in [0.2, 0.25) is 17.4 Å². The van der Waals surface area contributed by atoms with Crippen LogP contribution in [0.5, 0.6) is 0 Å². The van der Waals surface area contributed by atoms with Crippen molar-refractivity contribution >= 4 is 17.3 Å². The molecule has 1 aliphatic rings. The van der Waals surface area contributed by atoms with Gasteiger partial charge in [-0.2, -0.15) is 0 Å². The Hall–Kier alpha value is -2.81. The van der Waals surface area contributed by atoms with Crippen LogP contribution in [0.15, 0.2) is 21.5 Å². The van der Waals surface area contributed by atoms with E-state index in [9.17, 15) is 22.8 Å². The second-order valence-electron chi connectivity index (χ2n) is 5.98. The molecule has 0 N–H and O–H groups in total. The number of hydrogen-bond donors (Lipinski definition) is 0. The van der Waals surface area contributed by atoms with Gasteiger partial charge in [-0.15, -0.1) is 0 Å². The van der Waals surface area contributed by atoms with Crippen LogP contribution in [0.1, 0.15) is 27.5 Å². The molecule has 3 rings (SSSR count). The van der Waals surface area contributed by atoms with Gasteiger partial charge in [0.25, 0.3) is 0 Å². The lowest BCUT2D eigenvalue weighted by Gasteiger charge is -2.10. The number of halogens is 3. The minimum absolute atomic E-state index is 0.0257. The summed E-state index contributed by atoms with van der Waals surface area (Å²) in [4.78, 5) is 34.4. The number of aromatic nitrogens is 1. The number of aliphatic imine (C=N–C) groups is 1. The minimum Gasteiger partial charge on any atom is -0.432 e. The van der Waals surface area contributed by atoms with E-state index < -0.39 is 40.5 Å². The fourth-order valence-electron chi connectivity index (χ4n) is 2.43. The third-order valence-electron chi connectivity index (χ3n) is 3.80. The molecule has 1 aliphatic carbocycles. The molecule has 0 aliphatic heterocycles. The Morgan fingerprint density at radius 2 is 1.92 bits per heavy atom.